The molecule has 13 heavy (non-hydrogen) atoms. The largest absolute Gasteiger partial charge is 0.467 e. The first-order chi connectivity index (χ1) is 6.24. The lowest BCUT2D eigenvalue weighted by Crippen LogP contribution is -2.24. The van der Waals surface area contributed by atoms with Crippen molar-refractivity contribution >= 4 is 5.97 Å². The lowest BCUT2D eigenvalue weighted by molar-refractivity contribution is -0.153. The molecule has 0 aromatic heterocycles. The summed E-state index contributed by atoms with van der Waals surface area (Å²) in [5.74, 6) is 0.554. The summed E-state index contributed by atoms with van der Waals surface area (Å²) in [6.45, 7) is 2.41. The lowest BCUT2D eigenvalue weighted by atomic mass is 9.83. The van der Waals surface area contributed by atoms with Gasteiger partial charge in [0.2, 0.25) is 0 Å². The van der Waals surface area contributed by atoms with Crippen LogP contribution in [0.4, 0.5) is 0 Å². The van der Waals surface area contributed by atoms with Gasteiger partial charge in [-0.05, 0) is 19.3 Å². The van der Waals surface area contributed by atoms with Crippen molar-refractivity contribution in [3.8, 4) is 0 Å². The van der Waals surface area contributed by atoms with E-state index in [4.69, 9.17) is 4.74 Å². The average Bonchev–Trinajstić information content (AvgIpc) is 2.07. The topological polar surface area (TPSA) is 35.5 Å². The van der Waals surface area contributed by atoms with E-state index in [1.54, 1.807) is 6.92 Å². The molecule has 1 aliphatic rings. The molecule has 1 fully saturated rings. The molecule has 0 heterocycles. The summed E-state index contributed by atoms with van der Waals surface area (Å²) in [6.07, 6.45) is 4.69. The second-order valence-electron chi connectivity index (χ2n) is 3.62. The van der Waals surface area contributed by atoms with Gasteiger partial charge in [0.15, 0.2) is 6.10 Å². The van der Waals surface area contributed by atoms with Crippen LogP contribution in [-0.4, -0.2) is 25.8 Å². The first-order valence-corrected chi connectivity index (χ1v) is 4.93. The van der Waals surface area contributed by atoms with Crippen molar-refractivity contribution in [1.82, 2.24) is 0 Å². The number of methoxy groups -OCH3 is 1. The highest BCUT2D eigenvalue weighted by Gasteiger charge is 2.18. The average molecular weight is 186 g/mol. The highest BCUT2D eigenvalue weighted by atomic mass is 16.6. The van der Waals surface area contributed by atoms with Gasteiger partial charge < -0.3 is 9.47 Å². The Hall–Kier alpha value is -0.570. The fourth-order valence-electron chi connectivity index (χ4n) is 1.43. The molecule has 0 spiro atoms. The quantitative estimate of drug-likeness (QED) is 0.614. The van der Waals surface area contributed by atoms with E-state index >= 15 is 0 Å². The normalized spacial score (nSPS) is 19.2. The van der Waals surface area contributed by atoms with Crippen molar-refractivity contribution in [1.29, 1.82) is 0 Å². The molecule has 3 nitrogen and oxygen atoms in total. The molecule has 0 amide bonds. The molecule has 0 bridgehead atoms. The smallest absolute Gasteiger partial charge is 0.334 e. The first kappa shape index (κ1) is 10.5. The summed E-state index contributed by atoms with van der Waals surface area (Å²) in [5, 5.41) is 0. The second-order valence-corrected chi connectivity index (χ2v) is 3.62. The summed E-state index contributed by atoms with van der Waals surface area (Å²) in [7, 11) is 1.38. The number of esters is 1. The molecular weight excluding hydrogens is 168 g/mol. The third kappa shape index (κ3) is 3.35. The van der Waals surface area contributed by atoms with Crippen LogP contribution in [0.3, 0.4) is 0 Å². The highest BCUT2D eigenvalue weighted by molar-refractivity contribution is 5.73. The zero-order valence-electron chi connectivity index (χ0n) is 8.41. The van der Waals surface area contributed by atoms with Gasteiger partial charge in [-0.2, -0.15) is 0 Å². The maximum Gasteiger partial charge on any atom is 0.334 e. The molecule has 1 unspecified atom stereocenters. The number of hydrogen-bond acceptors (Lipinski definition) is 3. The van der Waals surface area contributed by atoms with Crippen LogP contribution in [0.5, 0.6) is 0 Å². The Bertz CT molecular complexity index is 164. The number of hydrogen-bond donors (Lipinski definition) is 0. The third-order valence-corrected chi connectivity index (χ3v) is 2.65. The van der Waals surface area contributed by atoms with E-state index in [0.29, 0.717) is 6.61 Å². The van der Waals surface area contributed by atoms with Crippen molar-refractivity contribution in [2.45, 2.75) is 38.7 Å². The van der Waals surface area contributed by atoms with Crippen molar-refractivity contribution in [3.05, 3.63) is 0 Å². The molecule has 0 aliphatic heterocycles. The Kier molecular flexibility index (Phi) is 4.22. The molecule has 1 saturated carbocycles. The monoisotopic (exact) mass is 186 g/mol. The SMILES string of the molecule is COC(=O)C(C)OCCC1CCC1. The van der Waals surface area contributed by atoms with Gasteiger partial charge in [0.25, 0.3) is 0 Å². The Morgan fingerprint density at radius 3 is 2.69 bits per heavy atom. The Labute approximate surface area is 79.4 Å². The predicted molar refractivity (Wildman–Crippen MR) is 49.4 cm³/mol. The van der Waals surface area contributed by atoms with E-state index in [0.717, 1.165) is 12.3 Å². The molecule has 76 valence electrons. The first-order valence-electron chi connectivity index (χ1n) is 4.93. The van der Waals surface area contributed by atoms with Crippen LogP contribution in [-0.2, 0) is 14.3 Å². The van der Waals surface area contributed by atoms with Gasteiger partial charge in [-0.1, -0.05) is 19.3 Å². The minimum atomic E-state index is -0.412. The van der Waals surface area contributed by atoms with Crippen LogP contribution < -0.4 is 0 Å². The maximum absolute atomic E-state index is 10.9. The van der Waals surface area contributed by atoms with E-state index in [1.165, 1.54) is 26.4 Å². The van der Waals surface area contributed by atoms with Crippen LogP contribution in [0.2, 0.25) is 0 Å². The Balaban J connectivity index is 2.00. The van der Waals surface area contributed by atoms with Gasteiger partial charge >= 0.3 is 5.97 Å². The Morgan fingerprint density at radius 1 is 1.54 bits per heavy atom. The van der Waals surface area contributed by atoms with E-state index in [1.807, 2.05) is 0 Å². The van der Waals surface area contributed by atoms with E-state index < -0.39 is 6.10 Å². The molecule has 0 radical (unpaired) electrons. The number of ether oxygens (including phenoxy) is 2. The zero-order valence-corrected chi connectivity index (χ0v) is 8.41. The van der Waals surface area contributed by atoms with Gasteiger partial charge in [0.1, 0.15) is 0 Å². The summed E-state index contributed by atoms with van der Waals surface area (Å²) in [5.41, 5.74) is 0. The minimum absolute atomic E-state index is 0.284. The van der Waals surface area contributed by atoms with Gasteiger partial charge in [-0.3, -0.25) is 0 Å². The molecule has 3 heteroatoms. The summed E-state index contributed by atoms with van der Waals surface area (Å²) in [6, 6.07) is 0. The molecule has 0 aromatic rings. The molecule has 1 rings (SSSR count). The number of carbonyl (C=O) groups excluding carboxylic acids is 1. The van der Waals surface area contributed by atoms with E-state index in [2.05, 4.69) is 4.74 Å². The van der Waals surface area contributed by atoms with Crippen LogP contribution in [0, 0.1) is 5.92 Å². The fourth-order valence-corrected chi connectivity index (χ4v) is 1.43. The van der Waals surface area contributed by atoms with Crippen molar-refractivity contribution in [3.63, 3.8) is 0 Å². The molecule has 1 aliphatic carbocycles. The molecule has 1 atom stereocenters. The van der Waals surface area contributed by atoms with Gasteiger partial charge in [-0.25, -0.2) is 4.79 Å². The Morgan fingerprint density at radius 2 is 2.23 bits per heavy atom. The van der Waals surface area contributed by atoms with E-state index in [-0.39, 0.29) is 5.97 Å². The molecular formula is C10H18O3. The third-order valence-electron chi connectivity index (χ3n) is 2.65. The molecule has 0 N–H and O–H groups in total. The maximum atomic E-state index is 10.9. The van der Waals surface area contributed by atoms with Crippen LogP contribution in [0.25, 0.3) is 0 Å². The summed E-state index contributed by atoms with van der Waals surface area (Å²) < 4.78 is 9.87. The molecule has 0 aromatic carbocycles. The van der Waals surface area contributed by atoms with Crippen molar-refractivity contribution in [2.24, 2.45) is 5.92 Å². The minimum Gasteiger partial charge on any atom is -0.467 e. The van der Waals surface area contributed by atoms with Gasteiger partial charge in [0, 0.05) is 6.61 Å². The van der Waals surface area contributed by atoms with Crippen LogP contribution in [0.1, 0.15) is 32.6 Å². The van der Waals surface area contributed by atoms with Gasteiger partial charge in [-0.15, -0.1) is 0 Å². The standard InChI is InChI=1S/C10H18O3/c1-8(10(11)12-2)13-7-6-9-4-3-5-9/h8-9H,3-7H2,1-2H3. The summed E-state index contributed by atoms with van der Waals surface area (Å²) >= 11 is 0. The zero-order chi connectivity index (χ0) is 9.68. The van der Waals surface area contributed by atoms with Crippen LogP contribution >= 0.6 is 0 Å². The number of rotatable bonds is 5. The second kappa shape index (κ2) is 5.22. The highest BCUT2D eigenvalue weighted by Crippen LogP contribution is 2.29. The predicted octanol–water partition coefficient (Wildman–Crippen LogP) is 1.75. The lowest BCUT2D eigenvalue weighted by Gasteiger charge is -2.25. The fraction of sp³-hybridized carbons (Fsp3) is 0.900. The van der Waals surface area contributed by atoms with Gasteiger partial charge in [0.05, 0.1) is 7.11 Å². The summed E-state index contributed by atoms with van der Waals surface area (Å²) in [4.78, 5) is 10.9. The number of carbonyl (C=O) groups is 1. The van der Waals surface area contributed by atoms with E-state index in [9.17, 15) is 4.79 Å². The molecule has 0 saturated heterocycles. The van der Waals surface area contributed by atoms with Crippen molar-refractivity contribution < 1.29 is 14.3 Å². The van der Waals surface area contributed by atoms with Crippen LogP contribution in [0.15, 0.2) is 0 Å². The van der Waals surface area contributed by atoms with Crippen molar-refractivity contribution in [2.75, 3.05) is 13.7 Å².